The summed E-state index contributed by atoms with van der Waals surface area (Å²) in [5.41, 5.74) is 10.3. The van der Waals surface area contributed by atoms with Gasteiger partial charge in [-0.1, -0.05) is 18.2 Å². The number of nitrogens with zero attached hydrogens (tertiary/aromatic N) is 2. The third-order valence-corrected chi connectivity index (χ3v) is 2.71. The first-order chi connectivity index (χ1) is 7.22. The molecule has 0 bridgehead atoms. The molecule has 1 aromatic carbocycles. The number of benzene rings is 1. The number of rotatable bonds is 2. The molecule has 0 fully saturated rings. The van der Waals surface area contributed by atoms with Crippen LogP contribution in [-0.4, -0.2) is 9.78 Å². The van der Waals surface area contributed by atoms with E-state index in [0.717, 1.165) is 5.56 Å². The van der Waals surface area contributed by atoms with E-state index in [0.29, 0.717) is 6.54 Å². The van der Waals surface area contributed by atoms with Crippen LogP contribution in [0.5, 0.6) is 0 Å². The van der Waals surface area contributed by atoms with Crippen LogP contribution in [0.2, 0.25) is 0 Å². The van der Waals surface area contributed by atoms with Gasteiger partial charge in [-0.15, -0.1) is 0 Å². The van der Waals surface area contributed by atoms with E-state index in [9.17, 15) is 0 Å². The lowest BCUT2D eigenvalue weighted by molar-refractivity contribution is 0.740. The van der Waals surface area contributed by atoms with Crippen LogP contribution >= 0.6 is 0 Å². The molecule has 0 atom stereocenters. The molecule has 0 unspecified atom stereocenters. The van der Waals surface area contributed by atoms with Crippen molar-refractivity contribution in [3.8, 4) is 11.1 Å². The van der Waals surface area contributed by atoms with Gasteiger partial charge in [0.25, 0.3) is 0 Å². The normalized spacial score (nSPS) is 10.6. The second-order valence-electron chi connectivity index (χ2n) is 3.67. The van der Waals surface area contributed by atoms with E-state index in [4.69, 9.17) is 5.73 Å². The molecule has 0 radical (unpaired) electrons. The Morgan fingerprint density at radius 1 is 1.40 bits per heavy atom. The van der Waals surface area contributed by atoms with Gasteiger partial charge in [0.1, 0.15) is 0 Å². The summed E-state index contributed by atoms with van der Waals surface area (Å²) in [6, 6.07) is 8.27. The van der Waals surface area contributed by atoms with Gasteiger partial charge in [-0.25, -0.2) is 0 Å². The van der Waals surface area contributed by atoms with Crippen molar-refractivity contribution >= 4 is 0 Å². The molecular weight excluding hydrogens is 186 g/mol. The van der Waals surface area contributed by atoms with Crippen LogP contribution < -0.4 is 5.73 Å². The zero-order chi connectivity index (χ0) is 10.8. The second kappa shape index (κ2) is 3.87. The van der Waals surface area contributed by atoms with E-state index in [1.165, 1.54) is 16.8 Å². The lowest BCUT2D eigenvalue weighted by Crippen LogP contribution is -1.96. The molecule has 2 N–H and O–H groups in total. The molecule has 0 amide bonds. The van der Waals surface area contributed by atoms with Crippen LogP contribution in [0.15, 0.2) is 30.5 Å². The quantitative estimate of drug-likeness (QED) is 0.806. The maximum absolute atomic E-state index is 5.62. The highest BCUT2D eigenvalue weighted by Crippen LogP contribution is 2.23. The van der Waals surface area contributed by atoms with Crippen molar-refractivity contribution in [1.82, 2.24) is 9.78 Å². The smallest absolute Gasteiger partial charge is 0.0571 e. The minimum absolute atomic E-state index is 0.577. The minimum Gasteiger partial charge on any atom is -0.326 e. The van der Waals surface area contributed by atoms with Crippen LogP contribution in [0.3, 0.4) is 0 Å². The zero-order valence-electron chi connectivity index (χ0n) is 9.07. The average Bonchev–Trinajstić information content (AvgIpc) is 2.60. The number of hydrogen-bond acceptors (Lipinski definition) is 2. The fourth-order valence-corrected chi connectivity index (χ4v) is 1.65. The van der Waals surface area contributed by atoms with Gasteiger partial charge < -0.3 is 5.73 Å². The van der Waals surface area contributed by atoms with Crippen molar-refractivity contribution in [2.75, 3.05) is 0 Å². The Kier molecular flexibility index (Phi) is 2.56. The van der Waals surface area contributed by atoms with Crippen molar-refractivity contribution in [3.63, 3.8) is 0 Å². The topological polar surface area (TPSA) is 43.8 Å². The fourth-order valence-electron chi connectivity index (χ4n) is 1.65. The minimum atomic E-state index is 0.577. The maximum atomic E-state index is 5.62. The number of hydrogen-bond donors (Lipinski definition) is 1. The van der Waals surface area contributed by atoms with E-state index >= 15 is 0 Å². The molecule has 3 nitrogen and oxygen atoms in total. The van der Waals surface area contributed by atoms with Crippen LogP contribution in [0.1, 0.15) is 11.3 Å². The first-order valence-electron chi connectivity index (χ1n) is 5.00. The molecular formula is C12H15N3. The predicted octanol–water partition coefficient (Wildman–Crippen LogP) is 1.85. The molecule has 0 spiro atoms. The molecule has 0 saturated carbocycles. The molecule has 0 saturated heterocycles. The summed E-state index contributed by atoms with van der Waals surface area (Å²) in [5, 5.41) is 4.23. The molecule has 0 aliphatic rings. The molecule has 0 aliphatic heterocycles. The summed E-state index contributed by atoms with van der Waals surface area (Å²) in [6.45, 7) is 2.64. The number of aromatic nitrogens is 2. The largest absolute Gasteiger partial charge is 0.326 e. The van der Waals surface area contributed by atoms with Crippen LogP contribution in [0, 0.1) is 6.92 Å². The monoisotopic (exact) mass is 201 g/mol. The highest BCUT2D eigenvalue weighted by molar-refractivity contribution is 5.65. The van der Waals surface area contributed by atoms with Gasteiger partial charge in [-0.3, -0.25) is 4.68 Å². The van der Waals surface area contributed by atoms with Gasteiger partial charge in [0.15, 0.2) is 0 Å². The zero-order valence-corrected chi connectivity index (χ0v) is 9.07. The molecule has 3 heteroatoms. The molecule has 1 heterocycles. The first-order valence-corrected chi connectivity index (χ1v) is 5.00. The summed E-state index contributed by atoms with van der Waals surface area (Å²) >= 11 is 0. The summed E-state index contributed by atoms with van der Waals surface area (Å²) in [7, 11) is 1.95. The van der Waals surface area contributed by atoms with Crippen molar-refractivity contribution in [2.24, 2.45) is 12.8 Å². The average molecular weight is 201 g/mol. The van der Waals surface area contributed by atoms with E-state index in [1.807, 2.05) is 30.1 Å². The SMILES string of the molecule is Cc1c(-c2cccc(CN)c2)cnn1C. The Hall–Kier alpha value is -1.61. The summed E-state index contributed by atoms with van der Waals surface area (Å²) in [4.78, 5) is 0. The van der Waals surface area contributed by atoms with Gasteiger partial charge in [0.05, 0.1) is 6.20 Å². The van der Waals surface area contributed by atoms with Gasteiger partial charge in [0.2, 0.25) is 0 Å². The fraction of sp³-hybridized carbons (Fsp3) is 0.250. The summed E-state index contributed by atoms with van der Waals surface area (Å²) in [5.74, 6) is 0. The Morgan fingerprint density at radius 2 is 2.20 bits per heavy atom. The third kappa shape index (κ3) is 1.78. The standard InChI is InChI=1S/C12H15N3/c1-9-12(8-14-15(9)2)11-5-3-4-10(6-11)7-13/h3-6,8H,7,13H2,1-2H3. The Balaban J connectivity index is 2.49. The van der Waals surface area contributed by atoms with E-state index in [2.05, 4.69) is 24.2 Å². The Labute approximate surface area is 89.5 Å². The molecule has 1 aromatic heterocycles. The van der Waals surface area contributed by atoms with Crippen molar-refractivity contribution in [3.05, 3.63) is 41.7 Å². The predicted molar refractivity (Wildman–Crippen MR) is 61.3 cm³/mol. The first kappa shape index (κ1) is 9.93. The highest BCUT2D eigenvalue weighted by atomic mass is 15.3. The second-order valence-corrected chi connectivity index (χ2v) is 3.67. The van der Waals surface area contributed by atoms with Crippen LogP contribution in [0.25, 0.3) is 11.1 Å². The number of nitrogens with two attached hydrogens (primary N) is 1. The Morgan fingerprint density at radius 3 is 2.80 bits per heavy atom. The lowest BCUT2D eigenvalue weighted by atomic mass is 10.0. The van der Waals surface area contributed by atoms with Gasteiger partial charge in [-0.2, -0.15) is 5.10 Å². The summed E-state index contributed by atoms with van der Waals surface area (Å²) in [6.07, 6.45) is 1.89. The van der Waals surface area contributed by atoms with Gasteiger partial charge >= 0.3 is 0 Å². The van der Waals surface area contributed by atoms with Crippen molar-refractivity contribution in [2.45, 2.75) is 13.5 Å². The van der Waals surface area contributed by atoms with E-state index in [-0.39, 0.29) is 0 Å². The lowest BCUT2D eigenvalue weighted by Gasteiger charge is -2.03. The molecule has 2 rings (SSSR count). The molecule has 2 aromatic rings. The molecule has 15 heavy (non-hydrogen) atoms. The van der Waals surface area contributed by atoms with Crippen LogP contribution in [0.4, 0.5) is 0 Å². The molecule has 0 aliphatic carbocycles. The Bertz CT molecular complexity index is 471. The van der Waals surface area contributed by atoms with E-state index in [1.54, 1.807) is 0 Å². The van der Waals surface area contributed by atoms with Crippen LogP contribution in [-0.2, 0) is 13.6 Å². The van der Waals surface area contributed by atoms with Gasteiger partial charge in [0, 0.05) is 24.8 Å². The summed E-state index contributed by atoms with van der Waals surface area (Å²) < 4.78 is 1.88. The third-order valence-electron chi connectivity index (χ3n) is 2.71. The maximum Gasteiger partial charge on any atom is 0.0571 e. The van der Waals surface area contributed by atoms with E-state index < -0.39 is 0 Å². The highest BCUT2D eigenvalue weighted by Gasteiger charge is 2.06. The van der Waals surface area contributed by atoms with Gasteiger partial charge in [-0.05, 0) is 24.1 Å². The van der Waals surface area contributed by atoms with Crippen molar-refractivity contribution in [1.29, 1.82) is 0 Å². The molecule has 78 valence electrons. The van der Waals surface area contributed by atoms with Crippen molar-refractivity contribution < 1.29 is 0 Å². The number of aryl methyl sites for hydroxylation is 1.